The van der Waals surface area contributed by atoms with E-state index in [-0.39, 0.29) is 12.5 Å². The van der Waals surface area contributed by atoms with Crippen molar-refractivity contribution in [3.8, 4) is 0 Å². The van der Waals surface area contributed by atoms with Gasteiger partial charge in [0.1, 0.15) is 12.4 Å². The minimum atomic E-state index is -0.569. The number of H-pyrrole nitrogens is 1. The van der Waals surface area contributed by atoms with Gasteiger partial charge in [0.15, 0.2) is 0 Å². The lowest BCUT2D eigenvalue weighted by molar-refractivity contribution is 0.0946. The Morgan fingerprint density at radius 3 is 3.00 bits per heavy atom. The molecule has 0 unspecified atom stereocenters. The second kappa shape index (κ2) is 4.11. The molecule has 0 aromatic carbocycles. The van der Waals surface area contributed by atoms with Gasteiger partial charge in [-0.05, 0) is 6.07 Å². The lowest BCUT2D eigenvalue weighted by Gasteiger charge is -1.98. The number of alkyl halides is 1. The number of amides is 1. The molecule has 0 radical (unpaired) electrons. The quantitative estimate of drug-likeness (QED) is 0.743. The van der Waals surface area contributed by atoms with Crippen molar-refractivity contribution in [3.05, 3.63) is 23.0 Å². The molecule has 66 valence electrons. The van der Waals surface area contributed by atoms with Crippen molar-refractivity contribution in [1.82, 2.24) is 10.3 Å². The molecule has 0 fully saturated rings. The molecule has 0 aliphatic carbocycles. The molecule has 1 rings (SSSR count). The van der Waals surface area contributed by atoms with E-state index in [2.05, 4.69) is 10.3 Å². The van der Waals surface area contributed by atoms with Gasteiger partial charge in [-0.3, -0.25) is 4.79 Å². The largest absolute Gasteiger partial charge is 0.356 e. The van der Waals surface area contributed by atoms with Crippen molar-refractivity contribution in [2.75, 3.05) is 13.2 Å². The zero-order chi connectivity index (χ0) is 8.97. The third-order valence-corrected chi connectivity index (χ3v) is 1.49. The van der Waals surface area contributed by atoms with Gasteiger partial charge in [0.25, 0.3) is 5.91 Å². The van der Waals surface area contributed by atoms with E-state index in [9.17, 15) is 9.18 Å². The SMILES string of the molecule is O=C(NCCF)c1cc(Cl)c[nH]1. The molecule has 0 saturated carbocycles. The molecule has 1 heterocycles. The highest BCUT2D eigenvalue weighted by molar-refractivity contribution is 6.30. The van der Waals surface area contributed by atoms with Crippen molar-refractivity contribution in [2.45, 2.75) is 0 Å². The molecule has 2 N–H and O–H groups in total. The van der Waals surface area contributed by atoms with Crippen LogP contribution in [0.2, 0.25) is 5.02 Å². The smallest absolute Gasteiger partial charge is 0.267 e. The monoisotopic (exact) mass is 190 g/mol. The Morgan fingerprint density at radius 2 is 2.50 bits per heavy atom. The minimum absolute atomic E-state index is 0.0233. The fourth-order valence-electron chi connectivity index (χ4n) is 0.755. The lowest BCUT2D eigenvalue weighted by atomic mass is 10.4. The summed E-state index contributed by atoms with van der Waals surface area (Å²) in [6.45, 7) is -0.546. The molecule has 0 aliphatic heterocycles. The standard InChI is InChI=1S/C7H8ClFN2O/c8-5-3-6(11-4-5)7(12)10-2-1-9/h3-4,11H,1-2H2,(H,10,12). The van der Waals surface area contributed by atoms with Crippen molar-refractivity contribution in [3.63, 3.8) is 0 Å². The molecule has 0 spiro atoms. The molecule has 0 saturated heterocycles. The zero-order valence-corrected chi connectivity index (χ0v) is 6.99. The summed E-state index contributed by atoms with van der Waals surface area (Å²) >= 11 is 5.55. The van der Waals surface area contributed by atoms with Crippen molar-refractivity contribution >= 4 is 17.5 Å². The molecule has 12 heavy (non-hydrogen) atoms. The van der Waals surface area contributed by atoms with Crippen molar-refractivity contribution < 1.29 is 9.18 Å². The highest BCUT2D eigenvalue weighted by Gasteiger charge is 2.05. The average Bonchev–Trinajstić information content (AvgIpc) is 2.47. The van der Waals surface area contributed by atoms with E-state index < -0.39 is 6.67 Å². The predicted octanol–water partition coefficient (Wildman–Crippen LogP) is 1.37. The van der Waals surface area contributed by atoms with Crippen LogP contribution in [-0.4, -0.2) is 24.1 Å². The fourth-order valence-corrected chi connectivity index (χ4v) is 0.919. The summed E-state index contributed by atoms with van der Waals surface area (Å²) in [5.74, 6) is -0.348. The number of halogens is 2. The van der Waals surface area contributed by atoms with Crippen LogP contribution in [0.1, 0.15) is 10.5 Å². The number of aromatic amines is 1. The van der Waals surface area contributed by atoms with Crippen molar-refractivity contribution in [2.24, 2.45) is 0 Å². The van der Waals surface area contributed by atoms with E-state index in [0.29, 0.717) is 10.7 Å². The first-order valence-corrected chi connectivity index (χ1v) is 3.80. The van der Waals surface area contributed by atoms with Gasteiger partial charge in [-0.2, -0.15) is 0 Å². The highest BCUT2D eigenvalue weighted by Crippen LogP contribution is 2.08. The Labute approximate surface area is 73.9 Å². The van der Waals surface area contributed by atoms with Gasteiger partial charge >= 0.3 is 0 Å². The van der Waals surface area contributed by atoms with Gasteiger partial charge in [0, 0.05) is 12.7 Å². The number of aromatic nitrogens is 1. The Bertz CT molecular complexity index is 274. The molecule has 1 aromatic rings. The summed E-state index contributed by atoms with van der Waals surface area (Å²) in [5, 5.41) is 2.82. The van der Waals surface area contributed by atoms with Crippen LogP contribution in [0.5, 0.6) is 0 Å². The first-order chi connectivity index (χ1) is 5.74. The van der Waals surface area contributed by atoms with Crippen LogP contribution < -0.4 is 5.32 Å². The maximum Gasteiger partial charge on any atom is 0.267 e. The second-order valence-corrected chi connectivity index (χ2v) is 2.61. The molecule has 1 aromatic heterocycles. The third kappa shape index (κ3) is 2.23. The number of hydrogen-bond acceptors (Lipinski definition) is 1. The van der Waals surface area contributed by atoms with E-state index >= 15 is 0 Å². The molecular formula is C7H8ClFN2O. The van der Waals surface area contributed by atoms with Crippen LogP contribution in [0.25, 0.3) is 0 Å². The van der Waals surface area contributed by atoms with Gasteiger partial charge in [0.05, 0.1) is 5.02 Å². The number of carbonyl (C=O) groups excluding carboxylic acids is 1. The van der Waals surface area contributed by atoms with Gasteiger partial charge in [-0.15, -0.1) is 0 Å². The van der Waals surface area contributed by atoms with Gasteiger partial charge in [0.2, 0.25) is 0 Å². The minimum Gasteiger partial charge on any atom is -0.356 e. The van der Waals surface area contributed by atoms with Crippen LogP contribution in [0, 0.1) is 0 Å². The summed E-state index contributed by atoms with van der Waals surface area (Å²) in [5.41, 5.74) is 0.341. The molecule has 3 nitrogen and oxygen atoms in total. The number of hydrogen-bond donors (Lipinski definition) is 2. The Hall–Kier alpha value is -1.03. The topological polar surface area (TPSA) is 44.9 Å². The number of carbonyl (C=O) groups is 1. The molecule has 0 aliphatic rings. The first kappa shape index (κ1) is 9.06. The van der Waals surface area contributed by atoms with Crippen LogP contribution in [-0.2, 0) is 0 Å². The van der Waals surface area contributed by atoms with Gasteiger partial charge < -0.3 is 10.3 Å². The average molecular weight is 191 g/mol. The third-order valence-electron chi connectivity index (χ3n) is 1.27. The number of rotatable bonds is 3. The Morgan fingerprint density at radius 1 is 1.75 bits per heavy atom. The Balaban J connectivity index is 2.53. The van der Waals surface area contributed by atoms with Crippen LogP contribution in [0.3, 0.4) is 0 Å². The summed E-state index contributed by atoms with van der Waals surface area (Å²) in [4.78, 5) is 13.7. The van der Waals surface area contributed by atoms with Crippen LogP contribution in [0.15, 0.2) is 12.3 Å². The lowest BCUT2D eigenvalue weighted by Crippen LogP contribution is -2.25. The van der Waals surface area contributed by atoms with E-state index in [1.807, 2.05) is 0 Å². The Kier molecular flexibility index (Phi) is 3.10. The maximum absolute atomic E-state index is 11.6. The summed E-state index contributed by atoms with van der Waals surface area (Å²) < 4.78 is 11.6. The molecule has 5 heteroatoms. The van der Waals surface area contributed by atoms with E-state index in [4.69, 9.17) is 11.6 Å². The highest BCUT2D eigenvalue weighted by atomic mass is 35.5. The fraction of sp³-hybridized carbons (Fsp3) is 0.286. The van der Waals surface area contributed by atoms with Gasteiger partial charge in [-0.1, -0.05) is 11.6 Å². The second-order valence-electron chi connectivity index (χ2n) is 2.18. The zero-order valence-electron chi connectivity index (χ0n) is 6.23. The van der Waals surface area contributed by atoms with Crippen molar-refractivity contribution in [1.29, 1.82) is 0 Å². The molecule has 0 bridgehead atoms. The summed E-state index contributed by atoms with van der Waals surface area (Å²) in [6, 6.07) is 1.48. The molecule has 0 atom stereocenters. The summed E-state index contributed by atoms with van der Waals surface area (Å²) in [7, 11) is 0. The van der Waals surface area contributed by atoms with Gasteiger partial charge in [-0.25, -0.2) is 4.39 Å². The molecular weight excluding hydrogens is 183 g/mol. The van der Waals surface area contributed by atoms with Crippen LogP contribution >= 0.6 is 11.6 Å². The molecule has 1 amide bonds. The first-order valence-electron chi connectivity index (χ1n) is 3.42. The van der Waals surface area contributed by atoms with E-state index in [1.165, 1.54) is 12.3 Å². The summed E-state index contributed by atoms with van der Waals surface area (Å²) in [6.07, 6.45) is 1.49. The number of nitrogens with one attached hydrogen (secondary N) is 2. The maximum atomic E-state index is 11.6. The predicted molar refractivity (Wildman–Crippen MR) is 44.1 cm³/mol. The normalized spacial score (nSPS) is 9.83. The van der Waals surface area contributed by atoms with Crippen LogP contribution in [0.4, 0.5) is 4.39 Å². The van der Waals surface area contributed by atoms with E-state index in [0.717, 1.165) is 0 Å². The van der Waals surface area contributed by atoms with E-state index in [1.54, 1.807) is 0 Å².